The third kappa shape index (κ3) is 3.60. The van der Waals surface area contributed by atoms with E-state index in [1.165, 1.54) is 18.1 Å². The lowest BCUT2D eigenvalue weighted by atomic mass is 10.3. The number of benzene rings is 1. The first-order valence-corrected chi connectivity index (χ1v) is 7.39. The standard InChI is InChI=1S/C13H13N5O2S/c19-12(14-6-5-11-15-8-16-18-11)7-21-13-17-9-3-1-2-4-10(9)20-13/h1-4,8H,5-7H2,(H,14,19)(H,15,16,18). The van der Waals surface area contributed by atoms with Crippen LogP contribution in [0.1, 0.15) is 5.82 Å². The number of carbonyl (C=O) groups is 1. The molecule has 8 heteroatoms. The number of fused-ring (bicyclic) bond motifs is 1. The molecule has 0 bridgehead atoms. The van der Waals surface area contributed by atoms with Crippen LogP contribution in [0.3, 0.4) is 0 Å². The lowest BCUT2D eigenvalue weighted by Crippen LogP contribution is -2.27. The number of aromatic nitrogens is 4. The van der Waals surface area contributed by atoms with Gasteiger partial charge >= 0.3 is 0 Å². The van der Waals surface area contributed by atoms with Crippen LogP contribution < -0.4 is 5.32 Å². The van der Waals surface area contributed by atoms with Gasteiger partial charge < -0.3 is 9.73 Å². The monoisotopic (exact) mass is 303 g/mol. The van der Waals surface area contributed by atoms with Crippen molar-refractivity contribution in [2.75, 3.05) is 12.3 Å². The zero-order valence-electron chi connectivity index (χ0n) is 11.1. The second-order valence-electron chi connectivity index (χ2n) is 4.27. The minimum Gasteiger partial charge on any atom is -0.431 e. The lowest BCUT2D eigenvalue weighted by molar-refractivity contribution is -0.118. The van der Waals surface area contributed by atoms with E-state index in [0.29, 0.717) is 18.2 Å². The molecule has 21 heavy (non-hydrogen) atoms. The van der Waals surface area contributed by atoms with Gasteiger partial charge in [0.2, 0.25) is 5.91 Å². The zero-order valence-corrected chi connectivity index (χ0v) is 11.9. The van der Waals surface area contributed by atoms with Crippen molar-refractivity contribution >= 4 is 28.8 Å². The number of oxazole rings is 1. The molecule has 3 aromatic rings. The molecular formula is C13H13N5O2S. The Hall–Kier alpha value is -2.35. The third-order valence-electron chi connectivity index (χ3n) is 2.75. The van der Waals surface area contributed by atoms with E-state index in [-0.39, 0.29) is 11.7 Å². The van der Waals surface area contributed by atoms with Gasteiger partial charge in [0, 0.05) is 13.0 Å². The van der Waals surface area contributed by atoms with Crippen molar-refractivity contribution in [1.82, 2.24) is 25.5 Å². The summed E-state index contributed by atoms with van der Waals surface area (Å²) in [6, 6.07) is 7.51. The summed E-state index contributed by atoms with van der Waals surface area (Å²) < 4.78 is 5.53. The summed E-state index contributed by atoms with van der Waals surface area (Å²) in [4.78, 5) is 20.0. The molecule has 0 saturated carbocycles. The summed E-state index contributed by atoms with van der Waals surface area (Å²) in [5, 5.41) is 9.79. The van der Waals surface area contributed by atoms with Crippen LogP contribution in [0.2, 0.25) is 0 Å². The highest BCUT2D eigenvalue weighted by atomic mass is 32.2. The molecule has 0 saturated heterocycles. The van der Waals surface area contributed by atoms with Crippen molar-refractivity contribution in [3.8, 4) is 0 Å². The van der Waals surface area contributed by atoms with E-state index in [4.69, 9.17) is 4.42 Å². The number of rotatable bonds is 6. The maximum absolute atomic E-state index is 11.7. The number of para-hydroxylation sites is 2. The Morgan fingerprint density at radius 1 is 1.38 bits per heavy atom. The van der Waals surface area contributed by atoms with E-state index in [1.54, 1.807) is 0 Å². The van der Waals surface area contributed by atoms with Crippen LogP contribution in [0.5, 0.6) is 0 Å². The predicted molar refractivity (Wildman–Crippen MR) is 77.8 cm³/mol. The minimum absolute atomic E-state index is 0.0678. The molecule has 0 radical (unpaired) electrons. The molecule has 0 fully saturated rings. The van der Waals surface area contributed by atoms with Gasteiger partial charge in [-0.05, 0) is 12.1 Å². The van der Waals surface area contributed by atoms with Crippen LogP contribution in [0, 0.1) is 0 Å². The number of nitrogens with zero attached hydrogens (tertiary/aromatic N) is 3. The van der Waals surface area contributed by atoms with Crippen molar-refractivity contribution in [3.05, 3.63) is 36.4 Å². The molecule has 0 atom stereocenters. The number of nitrogens with one attached hydrogen (secondary N) is 2. The third-order valence-corrected chi connectivity index (χ3v) is 3.58. The second-order valence-corrected chi connectivity index (χ2v) is 5.19. The molecule has 1 aromatic carbocycles. The Balaban J connectivity index is 1.44. The van der Waals surface area contributed by atoms with Crippen molar-refractivity contribution in [3.63, 3.8) is 0 Å². The maximum Gasteiger partial charge on any atom is 0.257 e. The number of thioether (sulfide) groups is 1. The molecule has 7 nitrogen and oxygen atoms in total. The summed E-state index contributed by atoms with van der Waals surface area (Å²) in [6.45, 7) is 0.516. The van der Waals surface area contributed by atoms with Gasteiger partial charge in [0.1, 0.15) is 17.7 Å². The average molecular weight is 303 g/mol. The summed E-state index contributed by atoms with van der Waals surface area (Å²) in [5.41, 5.74) is 1.52. The Kier molecular flexibility index (Phi) is 4.15. The highest BCUT2D eigenvalue weighted by Crippen LogP contribution is 2.22. The number of hydrogen-bond donors (Lipinski definition) is 2. The molecule has 2 heterocycles. The molecule has 0 aliphatic heterocycles. The van der Waals surface area contributed by atoms with E-state index in [2.05, 4.69) is 25.5 Å². The SMILES string of the molecule is O=C(CSc1nc2ccccc2o1)NCCc1ncn[nH]1. The van der Waals surface area contributed by atoms with Crippen LogP contribution in [0.15, 0.2) is 40.2 Å². The predicted octanol–water partition coefficient (Wildman–Crippen LogP) is 1.40. The van der Waals surface area contributed by atoms with E-state index in [9.17, 15) is 4.79 Å². The number of amides is 1. The molecule has 0 unspecified atom stereocenters. The lowest BCUT2D eigenvalue weighted by Gasteiger charge is -2.01. The van der Waals surface area contributed by atoms with Crippen LogP contribution >= 0.6 is 11.8 Å². The van der Waals surface area contributed by atoms with Gasteiger partial charge in [-0.1, -0.05) is 23.9 Å². The summed E-state index contributed by atoms with van der Waals surface area (Å²) in [7, 11) is 0. The van der Waals surface area contributed by atoms with E-state index < -0.39 is 0 Å². The summed E-state index contributed by atoms with van der Waals surface area (Å²) in [5.74, 6) is 0.951. The van der Waals surface area contributed by atoms with Crippen molar-refractivity contribution in [2.45, 2.75) is 11.6 Å². The van der Waals surface area contributed by atoms with Crippen LogP contribution in [-0.2, 0) is 11.2 Å². The number of H-pyrrole nitrogens is 1. The van der Waals surface area contributed by atoms with Gasteiger partial charge in [0.25, 0.3) is 5.22 Å². The first kappa shape index (κ1) is 13.6. The van der Waals surface area contributed by atoms with Crippen molar-refractivity contribution in [1.29, 1.82) is 0 Å². The normalized spacial score (nSPS) is 10.9. The molecule has 2 N–H and O–H groups in total. The molecule has 3 rings (SSSR count). The fourth-order valence-corrected chi connectivity index (χ4v) is 2.43. The first-order chi connectivity index (χ1) is 10.3. The Morgan fingerprint density at radius 2 is 2.29 bits per heavy atom. The second kappa shape index (κ2) is 6.40. The van der Waals surface area contributed by atoms with Gasteiger partial charge in [-0.2, -0.15) is 5.10 Å². The maximum atomic E-state index is 11.7. The quantitative estimate of drug-likeness (QED) is 0.668. The Bertz CT molecular complexity index is 692. The van der Waals surface area contributed by atoms with E-state index in [1.807, 2.05) is 24.3 Å². The largest absolute Gasteiger partial charge is 0.431 e. The highest BCUT2D eigenvalue weighted by molar-refractivity contribution is 7.99. The fraction of sp³-hybridized carbons (Fsp3) is 0.231. The van der Waals surface area contributed by atoms with Gasteiger partial charge in [0.15, 0.2) is 5.58 Å². The van der Waals surface area contributed by atoms with Gasteiger partial charge in [-0.25, -0.2) is 9.97 Å². The van der Waals surface area contributed by atoms with Gasteiger partial charge in [-0.3, -0.25) is 9.89 Å². The van der Waals surface area contributed by atoms with Crippen LogP contribution in [-0.4, -0.2) is 38.4 Å². The highest BCUT2D eigenvalue weighted by Gasteiger charge is 2.08. The molecule has 0 aliphatic carbocycles. The Labute approximate surface area is 124 Å². The number of hydrogen-bond acceptors (Lipinski definition) is 6. The average Bonchev–Trinajstić information content (AvgIpc) is 3.13. The van der Waals surface area contributed by atoms with E-state index >= 15 is 0 Å². The molecule has 108 valence electrons. The van der Waals surface area contributed by atoms with Crippen molar-refractivity contribution < 1.29 is 9.21 Å². The minimum atomic E-state index is -0.0678. The molecular weight excluding hydrogens is 290 g/mol. The van der Waals surface area contributed by atoms with Crippen LogP contribution in [0.25, 0.3) is 11.1 Å². The van der Waals surface area contributed by atoms with Gasteiger partial charge in [0.05, 0.1) is 5.75 Å². The Morgan fingerprint density at radius 3 is 3.10 bits per heavy atom. The molecule has 0 spiro atoms. The molecule has 1 amide bonds. The molecule has 0 aliphatic rings. The first-order valence-electron chi connectivity index (χ1n) is 6.40. The fourth-order valence-electron chi connectivity index (χ4n) is 1.76. The number of aromatic amines is 1. The summed E-state index contributed by atoms with van der Waals surface area (Å²) in [6.07, 6.45) is 2.07. The van der Waals surface area contributed by atoms with Gasteiger partial charge in [-0.15, -0.1) is 0 Å². The van der Waals surface area contributed by atoms with Crippen LogP contribution in [0.4, 0.5) is 0 Å². The van der Waals surface area contributed by atoms with Crippen molar-refractivity contribution in [2.24, 2.45) is 0 Å². The summed E-state index contributed by atoms with van der Waals surface area (Å²) >= 11 is 1.28. The number of carbonyl (C=O) groups excluding carboxylic acids is 1. The smallest absolute Gasteiger partial charge is 0.257 e. The van der Waals surface area contributed by atoms with E-state index in [0.717, 1.165) is 16.9 Å². The molecule has 2 aromatic heterocycles. The zero-order chi connectivity index (χ0) is 14.5. The topological polar surface area (TPSA) is 96.7 Å².